The Morgan fingerprint density at radius 1 is 1.45 bits per heavy atom. The summed E-state index contributed by atoms with van der Waals surface area (Å²) in [6.45, 7) is 0.574. The van der Waals surface area contributed by atoms with E-state index in [1.807, 2.05) is 0 Å². The van der Waals surface area contributed by atoms with Crippen molar-refractivity contribution in [1.82, 2.24) is 5.32 Å². The third-order valence-corrected chi connectivity index (χ3v) is 3.79. The van der Waals surface area contributed by atoms with Crippen LogP contribution >= 0.6 is 0 Å². The predicted octanol–water partition coefficient (Wildman–Crippen LogP) is 2.56. The molecule has 6 nitrogen and oxygen atoms in total. The zero-order valence-electron chi connectivity index (χ0n) is 11.5. The number of amides is 1. The van der Waals surface area contributed by atoms with Crippen molar-refractivity contribution in [2.24, 2.45) is 5.92 Å². The van der Waals surface area contributed by atoms with Crippen LogP contribution in [0, 0.1) is 16.0 Å². The summed E-state index contributed by atoms with van der Waals surface area (Å²) in [5.74, 6) is 0.321. The fourth-order valence-electron chi connectivity index (χ4n) is 2.30. The molecule has 1 amide bonds. The van der Waals surface area contributed by atoms with Crippen LogP contribution in [0.25, 0.3) is 0 Å². The van der Waals surface area contributed by atoms with Crippen LogP contribution in [0.1, 0.15) is 36.0 Å². The molecule has 0 unspecified atom stereocenters. The summed E-state index contributed by atoms with van der Waals surface area (Å²) in [7, 11) is 1.71. The highest BCUT2D eigenvalue weighted by Crippen LogP contribution is 2.29. The van der Waals surface area contributed by atoms with E-state index in [-0.39, 0.29) is 17.2 Å². The van der Waals surface area contributed by atoms with Crippen molar-refractivity contribution in [2.75, 3.05) is 18.9 Å². The van der Waals surface area contributed by atoms with Crippen molar-refractivity contribution in [2.45, 2.75) is 25.7 Å². The van der Waals surface area contributed by atoms with E-state index >= 15 is 0 Å². The Morgan fingerprint density at radius 3 is 2.75 bits per heavy atom. The van der Waals surface area contributed by atoms with Gasteiger partial charge >= 0.3 is 0 Å². The van der Waals surface area contributed by atoms with Crippen LogP contribution in [0.15, 0.2) is 18.2 Å². The van der Waals surface area contributed by atoms with E-state index in [1.54, 1.807) is 13.1 Å². The molecule has 0 heterocycles. The molecular weight excluding hydrogens is 258 g/mol. The van der Waals surface area contributed by atoms with Crippen LogP contribution in [0.5, 0.6) is 0 Å². The van der Waals surface area contributed by atoms with E-state index in [0.717, 1.165) is 6.42 Å². The molecule has 0 aromatic heterocycles. The molecule has 0 aliphatic heterocycles. The lowest BCUT2D eigenvalue weighted by Crippen LogP contribution is -2.28. The second-order valence-corrected chi connectivity index (χ2v) is 5.08. The summed E-state index contributed by atoms with van der Waals surface area (Å²) >= 11 is 0. The molecule has 1 aliphatic rings. The number of hydrogen-bond donors (Lipinski definition) is 2. The van der Waals surface area contributed by atoms with Crippen molar-refractivity contribution in [3.8, 4) is 0 Å². The highest BCUT2D eigenvalue weighted by atomic mass is 16.6. The van der Waals surface area contributed by atoms with Crippen LogP contribution in [-0.4, -0.2) is 24.4 Å². The first-order chi connectivity index (χ1) is 9.61. The highest BCUT2D eigenvalue weighted by Gasteiger charge is 2.21. The van der Waals surface area contributed by atoms with Gasteiger partial charge in [-0.3, -0.25) is 14.9 Å². The first kappa shape index (κ1) is 14.3. The maximum absolute atomic E-state index is 12.1. The van der Waals surface area contributed by atoms with E-state index in [2.05, 4.69) is 10.6 Å². The minimum atomic E-state index is -0.527. The van der Waals surface area contributed by atoms with Crippen molar-refractivity contribution in [1.29, 1.82) is 0 Å². The van der Waals surface area contributed by atoms with Crippen LogP contribution in [0.3, 0.4) is 0 Å². The van der Waals surface area contributed by atoms with Gasteiger partial charge in [0, 0.05) is 25.3 Å². The Balaban J connectivity index is 2.03. The minimum Gasteiger partial charge on any atom is -0.388 e. The second-order valence-electron chi connectivity index (χ2n) is 5.08. The first-order valence-electron chi connectivity index (χ1n) is 6.86. The molecule has 1 aromatic rings. The van der Waals surface area contributed by atoms with Gasteiger partial charge in [-0.25, -0.2) is 0 Å². The van der Waals surface area contributed by atoms with Crippen molar-refractivity contribution in [3.05, 3.63) is 33.9 Å². The summed E-state index contributed by atoms with van der Waals surface area (Å²) in [4.78, 5) is 22.5. The van der Waals surface area contributed by atoms with Crippen LogP contribution in [0.4, 0.5) is 11.4 Å². The first-order valence-corrected chi connectivity index (χ1v) is 6.86. The lowest BCUT2D eigenvalue weighted by molar-refractivity contribution is -0.385. The average Bonchev–Trinajstić information content (AvgIpc) is 2.40. The number of nitro groups is 1. The summed E-state index contributed by atoms with van der Waals surface area (Å²) in [6, 6.07) is 4.45. The Bertz CT molecular complexity index is 512. The maximum Gasteiger partial charge on any atom is 0.282 e. The Labute approximate surface area is 117 Å². The predicted molar refractivity (Wildman–Crippen MR) is 76.9 cm³/mol. The lowest BCUT2D eigenvalue weighted by Gasteiger charge is -2.25. The third kappa shape index (κ3) is 3.26. The molecule has 1 aliphatic carbocycles. The van der Waals surface area contributed by atoms with Crippen LogP contribution in [0.2, 0.25) is 0 Å². The van der Waals surface area contributed by atoms with E-state index in [1.165, 1.54) is 31.4 Å². The molecule has 2 rings (SSSR count). The van der Waals surface area contributed by atoms with Crippen molar-refractivity contribution in [3.63, 3.8) is 0 Å². The molecular formula is C14H19N3O3. The van der Waals surface area contributed by atoms with Gasteiger partial charge < -0.3 is 10.6 Å². The normalized spacial score (nSPS) is 14.4. The second kappa shape index (κ2) is 6.36. The van der Waals surface area contributed by atoms with Gasteiger partial charge in [0.1, 0.15) is 5.56 Å². The summed E-state index contributed by atoms with van der Waals surface area (Å²) in [5, 5.41) is 16.6. The highest BCUT2D eigenvalue weighted by molar-refractivity contribution is 5.99. The fraction of sp³-hybridized carbons (Fsp3) is 0.500. The number of carbonyl (C=O) groups is 1. The Hall–Kier alpha value is -2.11. The molecule has 108 valence electrons. The molecule has 0 atom stereocenters. The number of nitrogens with zero attached hydrogens (tertiary/aromatic N) is 1. The molecule has 0 radical (unpaired) electrons. The quantitative estimate of drug-likeness (QED) is 0.618. The maximum atomic E-state index is 12.1. The molecule has 1 saturated carbocycles. The van der Waals surface area contributed by atoms with E-state index in [0.29, 0.717) is 18.2 Å². The summed E-state index contributed by atoms with van der Waals surface area (Å²) in [5.41, 5.74) is 0.625. The van der Waals surface area contributed by atoms with Gasteiger partial charge in [-0.15, -0.1) is 0 Å². The van der Waals surface area contributed by atoms with Gasteiger partial charge in [0.05, 0.1) is 4.92 Å². The largest absolute Gasteiger partial charge is 0.388 e. The number of nitro benzene ring substituents is 1. The molecule has 0 bridgehead atoms. The number of benzene rings is 1. The molecule has 0 saturated heterocycles. The number of rotatable bonds is 6. The fourth-order valence-corrected chi connectivity index (χ4v) is 2.30. The molecule has 6 heteroatoms. The molecule has 1 fully saturated rings. The van der Waals surface area contributed by atoms with Crippen LogP contribution < -0.4 is 10.6 Å². The summed E-state index contributed by atoms with van der Waals surface area (Å²) < 4.78 is 0. The van der Waals surface area contributed by atoms with Gasteiger partial charge in [0.15, 0.2) is 0 Å². The van der Waals surface area contributed by atoms with E-state index in [9.17, 15) is 14.9 Å². The molecule has 2 N–H and O–H groups in total. The number of carbonyl (C=O) groups excluding carboxylic acids is 1. The lowest BCUT2D eigenvalue weighted by atomic mass is 9.83. The molecule has 1 aromatic carbocycles. The zero-order chi connectivity index (χ0) is 14.5. The van der Waals surface area contributed by atoms with Gasteiger partial charge in [-0.1, -0.05) is 19.3 Å². The zero-order valence-corrected chi connectivity index (χ0v) is 11.5. The Kier molecular flexibility index (Phi) is 4.55. The minimum absolute atomic E-state index is 0.107. The molecule has 0 spiro atoms. The van der Waals surface area contributed by atoms with Crippen molar-refractivity contribution < 1.29 is 9.72 Å². The van der Waals surface area contributed by atoms with Gasteiger partial charge in [-0.2, -0.15) is 0 Å². The smallest absolute Gasteiger partial charge is 0.282 e. The number of hydrogen-bond acceptors (Lipinski definition) is 4. The van der Waals surface area contributed by atoms with Crippen molar-refractivity contribution >= 4 is 17.3 Å². The average molecular weight is 277 g/mol. The van der Waals surface area contributed by atoms with Gasteiger partial charge in [0.2, 0.25) is 0 Å². The molecule has 20 heavy (non-hydrogen) atoms. The van der Waals surface area contributed by atoms with Crippen LogP contribution in [-0.2, 0) is 0 Å². The topological polar surface area (TPSA) is 84.3 Å². The standard InChI is InChI=1S/C14H19N3O3/c1-15-11-5-6-13(17(19)20)12(9-11)14(18)16-8-7-10-3-2-4-10/h5-6,9-10,15H,2-4,7-8H2,1H3,(H,16,18). The SMILES string of the molecule is CNc1ccc([N+](=O)[O-])c(C(=O)NCCC2CCC2)c1. The van der Waals surface area contributed by atoms with E-state index < -0.39 is 4.92 Å². The monoisotopic (exact) mass is 277 g/mol. The third-order valence-electron chi connectivity index (χ3n) is 3.79. The number of anilines is 1. The number of nitrogens with one attached hydrogen (secondary N) is 2. The van der Waals surface area contributed by atoms with Gasteiger partial charge in [-0.05, 0) is 24.5 Å². The van der Waals surface area contributed by atoms with E-state index in [4.69, 9.17) is 0 Å². The van der Waals surface area contributed by atoms with Gasteiger partial charge in [0.25, 0.3) is 11.6 Å². The summed E-state index contributed by atoms with van der Waals surface area (Å²) in [6.07, 6.45) is 4.68. The Morgan fingerprint density at radius 2 is 2.20 bits per heavy atom.